The quantitative estimate of drug-likeness (QED) is 0.747. The lowest BCUT2D eigenvalue weighted by Gasteiger charge is -2.61. The molecular weight excluding hydrogens is 374 g/mol. The summed E-state index contributed by atoms with van der Waals surface area (Å²) < 4.78 is 10.8. The van der Waals surface area contributed by atoms with E-state index in [4.69, 9.17) is 9.47 Å². The molecule has 2 atom stereocenters. The Kier molecular flexibility index (Phi) is 4.76. The van der Waals surface area contributed by atoms with Crippen molar-refractivity contribution in [2.24, 2.45) is 17.3 Å². The fourth-order valence-electron chi connectivity index (χ4n) is 7.02. The van der Waals surface area contributed by atoms with Crippen molar-refractivity contribution in [3.63, 3.8) is 0 Å². The van der Waals surface area contributed by atoms with Gasteiger partial charge in [-0.3, -0.25) is 4.79 Å². The molecule has 1 N–H and O–H groups in total. The topological polar surface area (TPSA) is 47.6 Å². The molecule has 4 aliphatic rings. The minimum atomic E-state index is -0.230. The number of rotatable bonds is 6. The lowest BCUT2D eigenvalue weighted by atomic mass is 9.42. The first kappa shape index (κ1) is 19.5. The van der Waals surface area contributed by atoms with Crippen LogP contribution in [0.25, 0.3) is 0 Å². The van der Waals surface area contributed by atoms with Crippen molar-refractivity contribution in [1.29, 1.82) is 0 Å². The van der Waals surface area contributed by atoms with Gasteiger partial charge in [0.05, 0.1) is 19.6 Å². The third-order valence-corrected chi connectivity index (χ3v) is 7.88. The van der Waals surface area contributed by atoms with E-state index in [2.05, 4.69) is 29.6 Å². The minimum Gasteiger partial charge on any atom is -0.497 e. The van der Waals surface area contributed by atoms with Crippen molar-refractivity contribution >= 4 is 5.91 Å². The second kappa shape index (κ2) is 7.33. The Morgan fingerprint density at radius 3 is 2.33 bits per heavy atom. The number of para-hydroxylation sites is 1. The summed E-state index contributed by atoms with van der Waals surface area (Å²) >= 11 is 0. The fraction of sp³-hybridized carbons (Fsp3) is 0.500. The molecule has 4 fully saturated rings. The second-order valence-electron chi connectivity index (χ2n) is 9.74. The van der Waals surface area contributed by atoms with Crippen LogP contribution in [0.5, 0.6) is 11.5 Å². The van der Waals surface area contributed by atoms with Gasteiger partial charge in [0.1, 0.15) is 11.5 Å². The maximum Gasteiger partial charge on any atom is 0.226 e. The van der Waals surface area contributed by atoms with Gasteiger partial charge in [-0.05, 0) is 79.5 Å². The van der Waals surface area contributed by atoms with Gasteiger partial charge in [0.15, 0.2) is 0 Å². The van der Waals surface area contributed by atoms with E-state index in [1.807, 2.05) is 24.3 Å². The van der Waals surface area contributed by atoms with Crippen molar-refractivity contribution in [3.05, 3.63) is 59.7 Å². The van der Waals surface area contributed by atoms with E-state index in [0.717, 1.165) is 36.3 Å². The number of carbonyl (C=O) groups excluding carboxylic acids is 1. The minimum absolute atomic E-state index is 0.137. The largest absolute Gasteiger partial charge is 0.497 e. The summed E-state index contributed by atoms with van der Waals surface area (Å²) in [4.78, 5) is 13.6. The molecule has 2 aromatic rings. The van der Waals surface area contributed by atoms with Crippen LogP contribution < -0.4 is 14.8 Å². The summed E-state index contributed by atoms with van der Waals surface area (Å²) in [5.74, 6) is 3.28. The van der Waals surface area contributed by atoms with E-state index in [1.165, 1.54) is 24.8 Å². The van der Waals surface area contributed by atoms with Gasteiger partial charge >= 0.3 is 0 Å². The van der Waals surface area contributed by atoms with E-state index in [-0.39, 0.29) is 16.7 Å². The van der Waals surface area contributed by atoms with Crippen LogP contribution in [0.3, 0.4) is 0 Å². The van der Waals surface area contributed by atoms with E-state index >= 15 is 0 Å². The van der Waals surface area contributed by atoms with Gasteiger partial charge in [0.25, 0.3) is 0 Å². The number of hydrogen-bond donors (Lipinski definition) is 1. The lowest BCUT2D eigenvalue weighted by Crippen LogP contribution is -2.59. The Hall–Kier alpha value is -2.49. The molecule has 158 valence electrons. The Labute approximate surface area is 179 Å². The molecule has 0 spiro atoms. The first-order chi connectivity index (χ1) is 14.6. The lowest BCUT2D eigenvalue weighted by molar-refractivity contribution is -0.149. The summed E-state index contributed by atoms with van der Waals surface area (Å²) in [5.41, 5.74) is 2.33. The van der Waals surface area contributed by atoms with Crippen LogP contribution in [-0.4, -0.2) is 20.1 Å². The first-order valence-corrected chi connectivity index (χ1v) is 11.1. The highest BCUT2D eigenvalue weighted by molar-refractivity contribution is 5.83. The number of hydrogen-bond acceptors (Lipinski definition) is 3. The molecule has 4 aliphatic carbocycles. The van der Waals surface area contributed by atoms with Crippen molar-refractivity contribution < 1.29 is 14.3 Å². The van der Waals surface area contributed by atoms with E-state index < -0.39 is 0 Å². The predicted molar refractivity (Wildman–Crippen MR) is 117 cm³/mol. The van der Waals surface area contributed by atoms with Gasteiger partial charge in [-0.1, -0.05) is 30.3 Å². The van der Waals surface area contributed by atoms with Gasteiger partial charge in [0, 0.05) is 12.1 Å². The average Bonchev–Trinajstić information content (AvgIpc) is 2.76. The number of methoxy groups -OCH3 is 2. The summed E-state index contributed by atoms with van der Waals surface area (Å²) in [6.45, 7) is 0.523. The Balaban J connectivity index is 1.39. The normalized spacial score (nSPS) is 31.4. The van der Waals surface area contributed by atoms with E-state index in [1.54, 1.807) is 14.2 Å². The third kappa shape index (κ3) is 3.17. The van der Waals surface area contributed by atoms with Crippen LogP contribution >= 0.6 is 0 Å². The van der Waals surface area contributed by atoms with Crippen molar-refractivity contribution in [1.82, 2.24) is 5.32 Å². The molecule has 0 aliphatic heterocycles. The Morgan fingerprint density at radius 1 is 0.967 bits per heavy atom. The van der Waals surface area contributed by atoms with Crippen molar-refractivity contribution in [3.8, 4) is 11.5 Å². The summed E-state index contributed by atoms with van der Waals surface area (Å²) in [6, 6.07) is 16.5. The number of carbonyl (C=O) groups is 1. The molecular formula is C26H31NO3. The van der Waals surface area contributed by atoms with Crippen LogP contribution in [-0.2, 0) is 16.8 Å². The molecule has 0 radical (unpaired) electrons. The van der Waals surface area contributed by atoms with Gasteiger partial charge in [-0.25, -0.2) is 0 Å². The van der Waals surface area contributed by atoms with Gasteiger partial charge in [-0.2, -0.15) is 0 Å². The zero-order valence-electron chi connectivity index (χ0n) is 17.9. The maximum atomic E-state index is 13.6. The highest BCUT2D eigenvalue weighted by Crippen LogP contribution is 2.65. The van der Waals surface area contributed by atoms with Gasteiger partial charge < -0.3 is 14.8 Å². The highest BCUT2D eigenvalue weighted by atomic mass is 16.5. The molecule has 0 heterocycles. The molecule has 4 heteroatoms. The monoisotopic (exact) mass is 405 g/mol. The smallest absolute Gasteiger partial charge is 0.226 e. The SMILES string of the molecule is COc1ccc(C23C[C@H]4C[C@@H](CC(C(=O)NCc5ccccc5OC)(C4)C2)C3)cc1. The number of ether oxygens (including phenoxy) is 2. The number of amides is 1. The maximum absolute atomic E-state index is 13.6. The molecule has 30 heavy (non-hydrogen) atoms. The number of benzene rings is 2. The fourth-order valence-corrected chi connectivity index (χ4v) is 7.02. The van der Waals surface area contributed by atoms with Crippen LogP contribution in [0.15, 0.2) is 48.5 Å². The Bertz CT molecular complexity index is 922. The average molecular weight is 406 g/mol. The Morgan fingerprint density at radius 2 is 1.67 bits per heavy atom. The highest BCUT2D eigenvalue weighted by Gasteiger charge is 2.60. The van der Waals surface area contributed by atoms with Gasteiger partial charge in [-0.15, -0.1) is 0 Å². The molecule has 4 bridgehead atoms. The number of nitrogens with one attached hydrogen (secondary N) is 1. The zero-order valence-corrected chi connectivity index (χ0v) is 17.9. The molecule has 6 rings (SSSR count). The van der Waals surface area contributed by atoms with Gasteiger partial charge in [0.2, 0.25) is 5.91 Å². The molecule has 0 saturated heterocycles. The van der Waals surface area contributed by atoms with Crippen molar-refractivity contribution in [2.75, 3.05) is 14.2 Å². The molecule has 4 nitrogen and oxygen atoms in total. The standard InChI is InChI=1S/C26H31NO3/c1-29-22-9-7-21(8-10-22)25-12-18-11-19(13-25)15-26(14-18,17-25)24(28)27-16-20-5-3-4-6-23(20)30-2/h3-10,18-19H,11-17H2,1-2H3,(H,27,28)/t18-,19-,25?,26?/m1/s1. The molecule has 4 saturated carbocycles. The molecule has 2 aromatic carbocycles. The molecule has 0 aromatic heterocycles. The third-order valence-electron chi connectivity index (χ3n) is 7.88. The first-order valence-electron chi connectivity index (χ1n) is 11.1. The summed E-state index contributed by atoms with van der Waals surface area (Å²) in [6.07, 6.45) is 6.78. The molecule has 0 unspecified atom stereocenters. The van der Waals surface area contributed by atoms with Crippen LogP contribution in [0, 0.1) is 17.3 Å². The van der Waals surface area contributed by atoms with Crippen LogP contribution in [0.1, 0.15) is 49.7 Å². The molecule has 1 amide bonds. The zero-order chi connectivity index (χ0) is 20.8. The van der Waals surface area contributed by atoms with Crippen LogP contribution in [0.4, 0.5) is 0 Å². The predicted octanol–water partition coefficient (Wildman–Crippen LogP) is 4.86. The van der Waals surface area contributed by atoms with Crippen molar-refractivity contribution in [2.45, 2.75) is 50.5 Å². The van der Waals surface area contributed by atoms with Crippen LogP contribution in [0.2, 0.25) is 0 Å². The second-order valence-corrected chi connectivity index (χ2v) is 9.74. The summed E-state index contributed by atoms with van der Waals surface area (Å²) in [7, 11) is 3.39. The van der Waals surface area contributed by atoms with E-state index in [9.17, 15) is 4.79 Å². The van der Waals surface area contributed by atoms with E-state index in [0.29, 0.717) is 18.4 Å². The summed E-state index contributed by atoms with van der Waals surface area (Å²) in [5, 5.41) is 3.28.